The Hall–Kier alpha value is -2.57. The van der Waals surface area contributed by atoms with Crippen LogP contribution >= 0.6 is 11.8 Å². The Balaban J connectivity index is 1.58. The Morgan fingerprint density at radius 2 is 1.90 bits per heavy atom. The molecule has 1 heterocycles. The van der Waals surface area contributed by atoms with E-state index in [2.05, 4.69) is 67.4 Å². The maximum absolute atomic E-state index is 12.4. The highest BCUT2D eigenvalue weighted by atomic mass is 32.2. The number of amides is 1. The highest BCUT2D eigenvalue weighted by Crippen LogP contribution is 2.24. The molecule has 0 aliphatic carbocycles. The molecule has 0 saturated heterocycles. The summed E-state index contributed by atoms with van der Waals surface area (Å²) < 4.78 is 2.04. The number of anilines is 1. The summed E-state index contributed by atoms with van der Waals surface area (Å²) in [5.74, 6) is 0.274. The first-order chi connectivity index (χ1) is 13.9. The van der Waals surface area contributed by atoms with Gasteiger partial charge in [0.15, 0.2) is 5.16 Å². The fraction of sp³-hybridized carbons (Fsp3) is 0.304. The number of hydrogen-bond donors (Lipinski definition) is 1. The molecule has 6 heteroatoms. The van der Waals surface area contributed by atoms with E-state index in [9.17, 15) is 4.79 Å². The number of carbonyl (C=O) groups is 1. The van der Waals surface area contributed by atoms with Crippen LogP contribution in [0.4, 0.5) is 5.69 Å². The Morgan fingerprint density at radius 3 is 2.62 bits per heavy atom. The highest BCUT2D eigenvalue weighted by Gasteiger charge is 2.11. The van der Waals surface area contributed by atoms with E-state index in [1.807, 2.05) is 29.0 Å². The maximum Gasteiger partial charge on any atom is 0.234 e. The predicted octanol–water partition coefficient (Wildman–Crippen LogP) is 4.32. The summed E-state index contributed by atoms with van der Waals surface area (Å²) >= 11 is 1.44. The number of carbonyl (C=O) groups excluding carboxylic acids is 1. The Bertz CT molecular complexity index is 963. The fourth-order valence-electron chi connectivity index (χ4n) is 3.01. The van der Waals surface area contributed by atoms with Crippen LogP contribution in [0.1, 0.15) is 16.7 Å². The van der Waals surface area contributed by atoms with E-state index in [1.165, 1.54) is 28.5 Å². The number of likely N-dealkylation sites (N-methyl/N-ethyl adjacent to an activating group) is 1. The van der Waals surface area contributed by atoms with Crippen LogP contribution in [0.2, 0.25) is 0 Å². The lowest BCUT2D eigenvalue weighted by Crippen LogP contribution is -2.16. The molecule has 2 aromatic carbocycles. The molecule has 3 rings (SSSR count). The molecule has 0 spiro atoms. The SMILES string of the molecule is Cc1cccc(-n2ccnc2SCC(=O)Nc2ccc(CCN(C)C)cc2)c1C. The summed E-state index contributed by atoms with van der Waals surface area (Å²) in [7, 11) is 4.13. The number of aryl methyl sites for hydroxylation is 1. The number of aromatic nitrogens is 2. The van der Waals surface area contributed by atoms with E-state index < -0.39 is 0 Å². The van der Waals surface area contributed by atoms with Crippen molar-refractivity contribution in [1.82, 2.24) is 14.5 Å². The summed E-state index contributed by atoms with van der Waals surface area (Å²) in [6.45, 7) is 5.21. The first-order valence-corrected chi connectivity index (χ1v) is 10.7. The molecule has 29 heavy (non-hydrogen) atoms. The summed E-state index contributed by atoms with van der Waals surface area (Å²) in [4.78, 5) is 19.0. The van der Waals surface area contributed by atoms with Crippen molar-refractivity contribution in [2.24, 2.45) is 0 Å². The number of nitrogens with zero attached hydrogens (tertiary/aromatic N) is 3. The van der Waals surface area contributed by atoms with E-state index in [0.29, 0.717) is 5.75 Å². The van der Waals surface area contributed by atoms with Crippen LogP contribution < -0.4 is 5.32 Å². The number of rotatable bonds is 8. The average molecular weight is 409 g/mol. The van der Waals surface area contributed by atoms with Gasteiger partial charge < -0.3 is 10.2 Å². The smallest absolute Gasteiger partial charge is 0.234 e. The summed E-state index contributed by atoms with van der Waals surface area (Å²) in [5, 5.41) is 3.78. The average Bonchev–Trinajstić information content (AvgIpc) is 3.16. The van der Waals surface area contributed by atoms with Crippen molar-refractivity contribution in [3.63, 3.8) is 0 Å². The molecule has 0 unspecified atom stereocenters. The monoisotopic (exact) mass is 408 g/mol. The molecule has 0 atom stereocenters. The molecule has 152 valence electrons. The van der Waals surface area contributed by atoms with Gasteiger partial charge in [-0.15, -0.1) is 0 Å². The van der Waals surface area contributed by atoms with E-state index in [4.69, 9.17) is 0 Å². The fourth-order valence-corrected chi connectivity index (χ4v) is 3.78. The van der Waals surface area contributed by atoms with Crippen LogP contribution in [-0.2, 0) is 11.2 Å². The third kappa shape index (κ3) is 5.71. The van der Waals surface area contributed by atoms with Crippen molar-refractivity contribution in [1.29, 1.82) is 0 Å². The summed E-state index contributed by atoms with van der Waals surface area (Å²) in [5.41, 5.74) is 5.63. The van der Waals surface area contributed by atoms with E-state index in [1.54, 1.807) is 6.20 Å². The Morgan fingerprint density at radius 1 is 1.14 bits per heavy atom. The largest absolute Gasteiger partial charge is 0.325 e. The third-order valence-electron chi connectivity index (χ3n) is 4.86. The zero-order valence-electron chi connectivity index (χ0n) is 17.5. The van der Waals surface area contributed by atoms with Crippen LogP contribution in [0.3, 0.4) is 0 Å². The van der Waals surface area contributed by atoms with Crippen molar-refractivity contribution in [3.05, 3.63) is 71.5 Å². The molecule has 0 saturated carbocycles. The summed E-state index contributed by atoms with van der Waals surface area (Å²) in [6.07, 6.45) is 4.71. The van der Waals surface area contributed by atoms with Gasteiger partial charge in [0, 0.05) is 24.6 Å². The number of nitrogens with one attached hydrogen (secondary N) is 1. The summed E-state index contributed by atoms with van der Waals surface area (Å²) in [6, 6.07) is 14.3. The molecule has 0 bridgehead atoms. The van der Waals surface area contributed by atoms with Gasteiger partial charge in [-0.3, -0.25) is 9.36 Å². The van der Waals surface area contributed by atoms with Gasteiger partial charge in [-0.1, -0.05) is 36.0 Å². The number of benzene rings is 2. The Kier molecular flexibility index (Phi) is 7.12. The molecule has 3 aromatic rings. The van der Waals surface area contributed by atoms with Crippen molar-refractivity contribution in [2.45, 2.75) is 25.4 Å². The first kappa shape index (κ1) is 21.1. The lowest BCUT2D eigenvalue weighted by atomic mass is 10.1. The second kappa shape index (κ2) is 9.76. The zero-order chi connectivity index (χ0) is 20.8. The van der Waals surface area contributed by atoms with Gasteiger partial charge in [0.1, 0.15) is 0 Å². The van der Waals surface area contributed by atoms with Crippen LogP contribution in [0.5, 0.6) is 0 Å². The van der Waals surface area contributed by atoms with Crippen molar-refractivity contribution in [3.8, 4) is 5.69 Å². The topological polar surface area (TPSA) is 50.2 Å². The van der Waals surface area contributed by atoms with Crippen molar-refractivity contribution >= 4 is 23.4 Å². The molecular weight excluding hydrogens is 380 g/mol. The molecule has 0 aliphatic rings. The van der Waals surface area contributed by atoms with Gasteiger partial charge in [-0.05, 0) is 69.3 Å². The predicted molar refractivity (Wildman–Crippen MR) is 121 cm³/mol. The van der Waals surface area contributed by atoms with Crippen LogP contribution in [0, 0.1) is 13.8 Å². The second-order valence-electron chi connectivity index (χ2n) is 7.39. The molecular formula is C23H28N4OS. The van der Waals surface area contributed by atoms with Gasteiger partial charge in [0.25, 0.3) is 0 Å². The van der Waals surface area contributed by atoms with Crippen LogP contribution in [0.15, 0.2) is 60.0 Å². The maximum atomic E-state index is 12.4. The molecule has 0 fully saturated rings. The molecule has 1 N–H and O–H groups in total. The zero-order valence-corrected chi connectivity index (χ0v) is 18.3. The minimum atomic E-state index is -0.0356. The van der Waals surface area contributed by atoms with E-state index in [-0.39, 0.29) is 5.91 Å². The number of imidazole rings is 1. The van der Waals surface area contributed by atoms with E-state index in [0.717, 1.165) is 29.5 Å². The molecule has 0 aliphatic heterocycles. The van der Waals surface area contributed by atoms with Crippen LogP contribution in [-0.4, -0.2) is 46.8 Å². The quantitative estimate of drug-likeness (QED) is 0.564. The van der Waals surface area contributed by atoms with Gasteiger partial charge in [-0.2, -0.15) is 0 Å². The third-order valence-corrected chi connectivity index (χ3v) is 5.83. The molecule has 5 nitrogen and oxygen atoms in total. The van der Waals surface area contributed by atoms with Gasteiger partial charge in [0.05, 0.1) is 11.4 Å². The van der Waals surface area contributed by atoms with Gasteiger partial charge in [-0.25, -0.2) is 4.98 Å². The molecule has 1 aromatic heterocycles. The lowest BCUT2D eigenvalue weighted by molar-refractivity contribution is -0.113. The molecule has 0 radical (unpaired) electrons. The normalized spacial score (nSPS) is 11.1. The first-order valence-electron chi connectivity index (χ1n) is 9.70. The molecule has 1 amide bonds. The number of thioether (sulfide) groups is 1. The minimum absolute atomic E-state index is 0.0356. The highest BCUT2D eigenvalue weighted by molar-refractivity contribution is 7.99. The number of hydrogen-bond acceptors (Lipinski definition) is 4. The Labute approximate surface area is 177 Å². The lowest BCUT2D eigenvalue weighted by Gasteiger charge is -2.12. The second-order valence-corrected chi connectivity index (χ2v) is 8.33. The standard InChI is InChI=1S/C23H28N4OS/c1-17-6-5-7-21(18(17)2)27-15-13-24-23(27)29-16-22(28)25-20-10-8-19(9-11-20)12-14-26(3)4/h5-11,13,15H,12,14,16H2,1-4H3,(H,25,28). The van der Waals surface area contributed by atoms with Crippen molar-refractivity contribution in [2.75, 3.05) is 31.7 Å². The van der Waals surface area contributed by atoms with Gasteiger partial charge >= 0.3 is 0 Å². The van der Waals surface area contributed by atoms with Gasteiger partial charge in [0.2, 0.25) is 5.91 Å². The van der Waals surface area contributed by atoms with Crippen molar-refractivity contribution < 1.29 is 4.79 Å². The minimum Gasteiger partial charge on any atom is -0.325 e. The van der Waals surface area contributed by atoms with E-state index >= 15 is 0 Å². The van der Waals surface area contributed by atoms with Crippen LogP contribution in [0.25, 0.3) is 5.69 Å².